The van der Waals surface area contributed by atoms with E-state index in [4.69, 9.17) is 16.5 Å². The summed E-state index contributed by atoms with van der Waals surface area (Å²) in [4.78, 5) is 9.40. The van der Waals surface area contributed by atoms with Gasteiger partial charge >= 0.3 is 0 Å². The predicted octanol–water partition coefficient (Wildman–Crippen LogP) is 1.45. The van der Waals surface area contributed by atoms with Gasteiger partial charge in [0.2, 0.25) is 0 Å². The minimum atomic E-state index is -0.701. The van der Waals surface area contributed by atoms with Crippen molar-refractivity contribution in [3.8, 4) is 11.3 Å². The molecular formula is C19H25N5. The Morgan fingerprint density at radius 3 is 2.75 bits per heavy atom. The highest BCUT2D eigenvalue weighted by molar-refractivity contribution is 5.71. The van der Waals surface area contributed by atoms with Crippen LogP contribution in [0.1, 0.15) is 36.7 Å². The Bertz CT molecular complexity index is 762. The first-order valence-corrected chi connectivity index (χ1v) is 8.72. The van der Waals surface area contributed by atoms with Crippen molar-refractivity contribution in [3.63, 3.8) is 0 Å². The number of hydrogen-bond acceptors (Lipinski definition) is 5. The van der Waals surface area contributed by atoms with Gasteiger partial charge in [-0.1, -0.05) is 24.3 Å². The van der Waals surface area contributed by atoms with Crippen LogP contribution in [0.15, 0.2) is 30.5 Å². The molecule has 1 unspecified atom stereocenters. The van der Waals surface area contributed by atoms with Crippen LogP contribution in [0.25, 0.3) is 11.3 Å². The molecule has 126 valence electrons. The monoisotopic (exact) mass is 323 g/mol. The van der Waals surface area contributed by atoms with Crippen molar-refractivity contribution in [1.29, 1.82) is 0 Å². The van der Waals surface area contributed by atoms with Crippen LogP contribution in [0.4, 0.5) is 0 Å². The van der Waals surface area contributed by atoms with Gasteiger partial charge in [-0.2, -0.15) is 0 Å². The van der Waals surface area contributed by atoms with E-state index < -0.39 is 5.54 Å². The number of nitrogens with two attached hydrogens (primary N) is 2. The zero-order valence-corrected chi connectivity index (χ0v) is 14.2. The first-order chi connectivity index (χ1) is 11.6. The van der Waals surface area contributed by atoms with E-state index in [1.54, 1.807) is 0 Å². The lowest BCUT2D eigenvalue weighted by Gasteiger charge is -2.42. The zero-order chi connectivity index (χ0) is 16.8. The minimum Gasteiger partial charge on any atom is -0.328 e. The number of rotatable bonds is 2. The lowest BCUT2D eigenvalue weighted by Crippen LogP contribution is -2.44. The second kappa shape index (κ2) is 5.62. The van der Waals surface area contributed by atoms with Crippen molar-refractivity contribution in [3.05, 3.63) is 47.4 Å². The predicted molar refractivity (Wildman–Crippen MR) is 95.5 cm³/mol. The number of fused-ring (bicyclic) bond motifs is 4. The maximum atomic E-state index is 6.27. The summed E-state index contributed by atoms with van der Waals surface area (Å²) in [6, 6.07) is 8.69. The largest absolute Gasteiger partial charge is 0.328 e. The van der Waals surface area contributed by atoms with Crippen molar-refractivity contribution in [2.24, 2.45) is 11.5 Å². The summed E-state index contributed by atoms with van der Waals surface area (Å²) in [6.07, 6.45) is 5.29. The fourth-order valence-corrected chi connectivity index (χ4v) is 4.10. The minimum absolute atomic E-state index is 0.208. The van der Waals surface area contributed by atoms with Crippen LogP contribution in [0, 0.1) is 0 Å². The molecule has 1 spiro atoms. The summed E-state index contributed by atoms with van der Waals surface area (Å²) in [7, 11) is 0. The Labute approximate surface area is 142 Å². The molecule has 1 atom stereocenters. The number of hydrogen-bond donors (Lipinski definition) is 3. The highest BCUT2D eigenvalue weighted by Gasteiger charge is 2.40. The van der Waals surface area contributed by atoms with Crippen LogP contribution >= 0.6 is 0 Å². The van der Waals surface area contributed by atoms with Crippen LogP contribution in [0.3, 0.4) is 0 Å². The highest BCUT2D eigenvalue weighted by atomic mass is 15.0. The average molecular weight is 323 g/mol. The van der Waals surface area contributed by atoms with Crippen molar-refractivity contribution in [2.75, 3.05) is 19.6 Å². The third kappa shape index (κ3) is 2.35. The Morgan fingerprint density at radius 2 is 2.00 bits per heavy atom. The molecule has 2 aromatic rings. The molecule has 0 bridgehead atoms. The van der Waals surface area contributed by atoms with Gasteiger partial charge in [-0.15, -0.1) is 0 Å². The molecule has 0 amide bonds. The standard InChI is InChI=1S/C19H25N5/c1-18(21,12-20)17-23-11-13-10-19(6-8-22-9-7-19)15-5-3-2-4-14(15)16(13)24-17/h2-5,11,22H,6-10,12,20-21H2,1H3. The first kappa shape index (κ1) is 15.7. The van der Waals surface area contributed by atoms with E-state index in [0.29, 0.717) is 12.4 Å². The maximum absolute atomic E-state index is 6.27. The van der Waals surface area contributed by atoms with Gasteiger partial charge in [0.05, 0.1) is 11.2 Å². The number of nitrogens with one attached hydrogen (secondary N) is 1. The molecule has 5 N–H and O–H groups in total. The van der Waals surface area contributed by atoms with Gasteiger partial charge in [0, 0.05) is 23.7 Å². The molecule has 5 heteroatoms. The molecule has 0 saturated carbocycles. The number of piperidine rings is 1. The van der Waals surface area contributed by atoms with Crippen LogP contribution in [0.5, 0.6) is 0 Å². The number of nitrogens with zero attached hydrogens (tertiary/aromatic N) is 2. The zero-order valence-electron chi connectivity index (χ0n) is 14.2. The van der Waals surface area contributed by atoms with Gasteiger partial charge in [-0.05, 0) is 50.4 Å². The van der Waals surface area contributed by atoms with E-state index in [-0.39, 0.29) is 5.41 Å². The highest BCUT2D eigenvalue weighted by Crippen LogP contribution is 2.46. The SMILES string of the molecule is CC(N)(CN)c1ncc2c(n1)-c1ccccc1C1(CCNCC1)C2. The molecule has 1 aromatic heterocycles. The molecule has 5 nitrogen and oxygen atoms in total. The lowest BCUT2D eigenvalue weighted by molar-refractivity contribution is 0.302. The Morgan fingerprint density at radius 1 is 1.25 bits per heavy atom. The first-order valence-electron chi connectivity index (χ1n) is 8.72. The fraction of sp³-hybridized carbons (Fsp3) is 0.474. The molecule has 4 rings (SSSR count). The summed E-state index contributed by atoms with van der Waals surface area (Å²) >= 11 is 0. The second-order valence-electron chi connectivity index (χ2n) is 7.44. The normalized spacial score (nSPS) is 21.0. The summed E-state index contributed by atoms with van der Waals surface area (Å²) < 4.78 is 0. The molecule has 2 aliphatic rings. The smallest absolute Gasteiger partial charge is 0.149 e. The maximum Gasteiger partial charge on any atom is 0.149 e. The van der Waals surface area contributed by atoms with Crippen molar-refractivity contribution < 1.29 is 0 Å². The molecule has 1 aromatic carbocycles. The molecule has 1 aliphatic heterocycles. The van der Waals surface area contributed by atoms with E-state index >= 15 is 0 Å². The van der Waals surface area contributed by atoms with Crippen molar-refractivity contribution in [1.82, 2.24) is 15.3 Å². The summed E-state index contributed by atoms with van der Waals surface area (Å²) in [6.45, 7) is 4.34. The lowest BCUT2D eigenvalue weighted by atomic mass is 9.64. The topological polar surface area (TPSA) is 89.9 Å². The van der Waals surface area contributed by atoms with Crippen LogP contribution < -0.4 is 16.8 Å². The molecule has 0 radical (unpaired) electrons. The van der Waals surface area contributed by atoms with Crippen LogP contribution in [0.2, 0.25) is 0 Å². The van der Waals surface area contributed by atoms with Gasteiger partial charge in [-0.3, -0.25) is 0 Å². The molecule has 24 heavy (non-hydrogen) atoms. The third-order valence-electron chi connectivity index (χ3n) is 5.64. The van der Waals surface area contributed by atoms with Crippen LogP contribution in [-0.4, -0.2) is 29.6 Å². The van der Waals surface area contributed by atoms with Gasteiger partial charge in [-0.25, -0.2) is 9.97 Å². The van der Waals surface area contributed by atoms with Crippen molar-refractivity contribution >= 4 is 0 Å². The molecule has 1 saturated heterocycles. The van der Waals surface area contributed by atoms with Gasteiger partial charge in [0.25, 0.3) is 0 Å². The fourth-order valence-electron chi connectivity index (χ4n) is 4.10. The average Bonchev–Trinajstić information content (AvgIpc) is 2.62. The van der Waals surface area contributed by atoms with E-state index in [0.717, 1.165) is 38.0 Å². The van der Waals surface area contributed by atoms with E-state index in [9.17, 15) is 0 Å². The van der Waals surface area contributed by atoms with Gasteiger partial charge in [0.15, 0.2) is 0 Å². The quantitative estimate of drug-likeness (QED) is 0.778. The Hall–Kier alpha value is -1.82. The number of benzene rings is 1. The summed E-state index contributed by atoms with van der Waals surface area (Å²) in [5.41, 5.74) is 16.5. The van der Waals surface area contributed by atoms with Crippen molar-refractivity contribution in [2.45, 2.75) is 37.1 Å². The van der Waals surface area contributed by atoms with Gasteiger partial charge < -0.3 is 16.8 Å². The van der Waals surface area contributed by atoms with Crippen LogP contribution in [-0.2, 0) is 17.4 Å². The summed E-state index contributed by atoms with van der Waals surface area (Å²) in [5, 5.41) is 3.49. The Kier molecular flexibility index (Phi) is 3.67. The molecule has 2 heterocycles. The van der Waals surface area contributed by atoms with E-state index in [2.05, 4.69) is 34.6 Å². The number of aromatic nitrogens is 2. The molecular weight excluding hydrogens is 298 g/mol. The third-order valence-corrected chi connectivity index (χ3v) is 5.64. The van der Waals surface area contributed by atoms with Gasteiger partial charge in [0.1, 0.15) is 5.82 Å². The summed E-state index contributed by atoms with van der Waals surface area (Å²) in [5.74, 6) is 0.625. The van der Waals surface area contributed by atoms with E-state index in [1.165, 1.54) is 16.7 Å². The second-order valence-corrected chi connectivity index (χ2v) is 7.44. The van der Waals surface area contributed by atoms with E-state index in [1.807, 2.05) is 13.1 Å². The molecule has 1 fully saturated rings. The Balaban J connectivity index is 1.87. The molecule has 1 aliphatic carbocycles.